The molecule has 0 aromatic rings. The third kappa shape index (κ3) is 2.35. The quantitative estimate of drug-likeness (QED) is 0.594. The van der Waals surface area contributed by atoms with Crippen LogP contribution < -0.4 is 0 Å². The molecule has 1 aliphatic rings. The van der Waals surface area contributed by atoms with Crippen LogP contribution >= 0.6 is 0 Å². The van der Waals surface area contributed by atoms with Crippen molar-refractivity contribution >= 4 is 5.78 Å². The van der Waals surface area contributed by atoms with Gasteiger partial charge in [0.2, 0.25) is 0 Å². The molecule has 0 aliphatic carbocycles. The average molecular weight is 166 g/mol. The molecule has 0 amide bonds. The van der Waals surface area contributed by atoms with Gasteiger partial charge in [-0.15, -0.1) is 12.3 Å². The molecule has 0 aromatic heterocycles. The lowest BCUT2D eigenvalue weighted by molar-refractivity contribution is -0.129. The van der Waals surface area contributed by atoms with E-state index in [1.807, 2.05) is 6.92 Å². The van der Waals surface area contributed by atoms with Crippen molar-refractivity contribution in [1.29, 1.82) is 0 Å². The van der Waals surface area contributed by atoms with E-state index in [2.05, 4.69) is 5.92 Å². The number of Topliss-reactive ketones (excluding diaryl/α,β-unsaturated/α-hetero) is 1. The summed E-state index contributed by atoms with van der Waals surface area (Å²) in [6.07, 6.45) is 7.99. The lowest BCUT2D eigenvalue weighted by atomic mass is 10.1. The van der Waals surface area contributed by atoms with Gasteiger partial charge in [-0.2, -0.15) is 0 Å². The first-order valence-electron chi connectivity index (χ1n) is 4.35. The first-order valence-corrected chi connectivity index (χ1v) is 4.35. The SMILES string of the molecule is C#CCCC(=O)C1CCC(C)O1. The molecule has 2 heteroatoms. The van der Waals surface area contributed by atoms with Gasteiger partial charge in [0.15, 0.2) is 5.78 Å². The smallest absolute Gasteiger partial charge is 0.162 e. The Morgan fingerprint density at radius 1 is 1.67 bits per heavy atom. The molecule has 0 spiro atoms. The molecule has 2 unspecified atom stereocenters. The summed E-state index contributed by atoms with van der Waals surface area (Å²) in [5, 5.41) is 0. The summed E-state index contributed by atoms with van der Waals surface area (Å²) in [7, 11) is 0. The zero-order valence-corrected chi connectivity index (χ0v) is 7.38. The van der Waals surface area contributed by atoms with Gasteiger partial charge >= 0.3 is 0 Å². The summed E-state index contributed by atoms with van der Waals surface area (Å²) in [4.78, 5) is 11.3. The molecule has 12 heavy (non-hydrogen) atoms. The summed E-state index contributed by atoms with van der Waals surface area (Å²) in [6.45, 7) is 1.99. The normalized spacial score (nSPS) is 28.3. The van der Waals surface area contributed by atoms with Crippen molar-refractivity contribution in [3.05, 3.63) is 0 Å². The third-order valence-electron chi connectivity index (χ3n) is 2.11. The number of ketones is 1. The van der Waals surface area contributed by atoms with E-state index in [9.17, 15) is 4.79 Å². The molecule has 1 fully saturated rings. The second-order valence-electron chi connectivity index (χ2n) is 3.18. The molecule has 0 N–H and O–H groups in total. The van der Waals surface area contributed by atoms with E-state index >= 15 is 0 Å². The highest BCUT2D eigenvalue weighted by molar-refractivity contribution is 5.83. The van der Waals surface area contributed by atoms with Crippen LogP contribution in [0.4, 0.5) is 0 Å². The van der Waals surface area contributed by atoms with Crippen LogP contribution in [-0.4, -0.2) is 18.0 Å². The van der Waals surface area contributed by atoms with Gasteiger partial charge in [-0.1, -0.05) is 0 Å². The van der Waals surface area contributed by atoms with Crippen LogP contribution in [-0.2, 0) is 9.53 Å². The molecule has 1 heterocycles. The number of rotatable bonds is 3. The highest BCUT2D eigenvalue weighted by Crippen LogP contribution is 2.20. The lowest BCUT2D eigenvalue weighted by Gasteiger charge is -2.08. The van der Waals surface area contributed by atoms with Gasteiger partial charge in [-0.3, -0.25) is 4.79 Å². The number of ether oxygens (including phenoxy) is 1. The minimum Gasteiger partial charge on any atom is -0.368 e. The van der Waals surface area contributed by atoms with E-state index in [1.54, 1.807) is 0 Å². The Morgan fingerprint density at radius 3 is 2.92 bits per heavy atom. The molecular weight excluding hydrogens is 152 g/mol. The Bertz CT molecular complexity index is 202. The maximum absolute atomic E-state index is 11.3. The maximum Gasteiger partial charge on any atom is 0.162 e. The van der Waals surface area contributed by atoms with E-state index in [-0.39, 0.29) is 18.0 Å². The second kappa shape index (κ2) is 4.27. The monoisotopic (exact) mass is 166 g/mol. The highest BCUT2D eigenvalue weighted by Gasteiger charge is 2.26. The number of hydrogen-bond donors (Lipinski definition) is 0. The fourth-order valence-corrected chi connectivity index (χ4v) is 1.40. The van der Waals surface area contributed by atoms with E-state index in [0.29, 0.717) is 12.8 Å². The zero-order valence-electron chi connectivity index (χ0n) is 7.38. The van der Waals surface area contributed by atoms with Crippen molar-refractivity contribution < 1.29 is 9.53 Å². The molecule has 0 bridgehead atoms. The number of terminal acetylenes is 1. The fraction of sp³-hybridized carbons (Fsp3) is 0.700. The zero-order chi connectivity index (χ0) is 8.97. The first kappa shape index (κ1) is 9.28. The predicted molar refractivity (Wildman–Crippen MR) is 46.6 cm³/mol. The summed E-state index contributed by atoms with van der Waals surface area (Å²) >= 11 is 0. The van der Waals surface area contributed by atoms with Crippen LogP contribution in [0.2, 0.25) is 0 Å². The Morgan fingerprint density at radius 2 is 2.42 bits per heavy atom. The minimum absolute atomic E-state index is 0.164. The Kier molecular flexibility index (Phi) is 3.31. The van der Waals surface area contributed by atoms with Crippen molar-refractivity contribution in [3.63, 3.8) is 0 Å². The van der Waals surface area contributed by atoms with Gasteiger partial charge in [-0.05, 0) is 19.8 Å². The summed E-state index contributed by atoms with van der Waals surface area (Å²) in [6, 6.07) is 0. The molecule has 1 rings (SSSR count). The summed E-state index contributed by atoms with van der Waals surface area (Å²) in [5.41, 5.74) is 0. The van der Waals surface area contributed by atoms with Crippen molar-refractivity contribution in [2.45, 2.75) is 44.8 Å². The van der Waals surface area contributed by atoms with Crippen molar-refractivity contribution in [2.24, 2.45) is 0 Å². The summed E-state index contributed by atoms with van der Waals surface area (Å²) in [5.74, 6) is 2.62. The van der Waals surface area contributed by atoms with Crippen LogP contribution in [0.5, 0.6) is 0 Å². The molecule has 0 radical (unpaired) electrons. The van der Waals surface area contributed by atoms with Crippen LogP contribution in [0.15, 0.2) is 0 Å². The third-order valence-corrected chi connectivity index (χ3v) is 2.11. The number of carbonyl (C=O) groups excluding carboxylic acids is 1. The topological polar surface area (TPSA) is 26.3 Å². The van der Waals surface area contributed by atoms with Gasteiger partial charge in [0, 0.05) is 12.8 Å². The second-order valence-corrected chi connectivity index (χ2v) is 3.18. The largest absolute Gasteiger partial charge is 0.368 e. The first-order chi connectivity index (χ1) is 5.74. The Labute approximate surface area is 73.3 Å². The van der Waals surface area contributed by atoms with E-state index in [0.717, 1.165) is 12.8 Å². The highest BCUT2D eigenvalue weighted by atomic mass is 16.5. The lowest BCUT2D eigenvalue weighted by Crippen LogP contribution is -2.20. The molecule has 66 valence electrons. The molecule has 0 saturated carbocycles. The molecule has 2 nitrogen and oxygen atoms in total. The minimum atomic E-state index is -0.173. The van der Waals surface area contributed by atoms with E-state index in [1.165, 1.54) is 0 Å². The summed E-state index contributed by atoms with van der Waals surface area (Å²) < 4.78 is 5.40. The standard InChI is InChI=1S/C10H14O2/c1-3-4-5-9(11)10-7-6-8(2)12-10/h1,8,10H,4-7H2,2H3. The maximum atomic E-state index is 11.3. The van der Waals surface area contributed by atoms with Crippen LogP contribution in [0.25, 0.3) is 0 Å². The van der Waals surface area contributed by atoms with Crippen molar-refractivity contribution in [2.75, 3.05) is 0 Å². The van der Waals surface area contributed by atoms with Gasteiger partial charge in [-0.25, -0.2) is 0 Å². The van der Waals surface area contributed by atoms with Gasteiger partial charge in [0.1, 0.15) is 6.10 Å². The van der Waals surface area contributed by atoms with Crippen LogP contribution in [0, 0.1) is 12.3 Å². The van der Waals surface area contributed by atoms with E-state index < -0.39 is 0 Å². The Hall–Kier alpha value is -0.810. The van der Waals surface area contributed by atoms with Gasteiger partial charge in [0.25, 0.3) is 0 Å². The van der Waals surface area contributed by atoms with Crippen molar-refractivity contribution in [1.82, 2.24) is 0 Å². The predicted octanol–water partition coefficient (Wildman–Crippen LogP) is 1.54. The molecule has 2 atom stereocenters. The van der Waals surface area contributed by atoms with Gasteiger partial charge in [0.05, 0.1) is 6.10 Å². The molecular formula is C10H14O2. The van der Waals surface area contributed by atoms with E-state index in [4.69, 9.17) is 11.2 Å². The number of hydrogen-bond acceptors (Lipinski definition) is 2. The van der Waals surface area contributed by atoms with Crippen LogP contribution in [0.1, 0.15) is 32.6 Å². The van der Waals surface area contributed by atoms with Crippen molar-refractivity contribution in [3.8, 4) is 12.3 Å². The number of carbonyl (C=O) groups is 1. The van der Waals surface area contributed by atoms with Crippen LogP contribution in [0.3, 0.4) is 0 Å². The van der Waals surface area contributed by atoms with Gasteiger partial charge < -0.3 is 4.74 Å². The average Bonchev–Trinajstić information content (AvgIpc) is 2.47. The fourth-order valence-electron chi connectivity index (χ4n) is 1.40. The molecule has 1 saturated heterocycles. The molecule has 0 aromatic carbocycles. The molecule has 1 aliphatic heterocycles. The Balaban J connectivity index is 2.29.